The molecule has 7 nitrogen and oxygen atoms in total. The minimum absolute atomic E-state index is 0.174. The van der Waals surface area contributed by atoms with Gasteiger partial charge in [0.25, 0.3) is 5.91 Å². The minimum Gasteiger partial charge on any atom is -0.479 e. The van der Waals surface area contributed by atoms with Gasteiger partial charge in [0.2, 0.25) is 0 Å². The van der Waals surface area contributed by atoms with Gasteiger partial charge in [0.05, 0.1) is 13.2 Å². The maximum absolute atomic E-state index is 11.6. The molecule has 0 aliphatic rings. The number of carboxylic acid groups (broad SMARTS) is 1. The topological polar surface area (TPSA) is 109 Å². The highest BCUT2D eigenvalue weighted by Crippen LogP contribution is 2.11. The van der Waals surface area contributed by atoms with Crippen molar-refractivity contribution in [2.75, 3.05) is 13.7 Å². The molecule has 0 aliphatic carbocycles. The van der Waals surface area contributed by atoms with Crippen molar-refractivity contribution in [1.29, 1.82) is 0 Å². The van der Waals surface area contributed by atoms with Crippen molar-refractivity contribution in [3.63, 3.8) is 0 Å². The van der Waals surface area contributed by atoms with E-state index in [1.807, 2.05) is 0 Å². The zero-order valence-corrected chi connectivity index (χ0v) is 10.8. The molecule has 0 saturated carbocycles. The number of hydrogen-bond donors (Lipinski definition) is 3. The van der Waals surface area contributed by atoms with Gasteiger partial charge in [0, 0.05) is 12.5 Å². The van der Waals surface area contributed by atoms with E-state index in [0.717, 1.165) is 6.92 Å². The summed E-state index contributed by atoms with van der Waals surface area (Å²) in [4.78, 5) is 26.2. The molecule has 1 aromatic heterocycles. The summed E-state index contributed by atoms with van der Waals surface area (Å²) in [5, 5.41) is 22.6. The minimum atomic E-state index is -2.00. The smallest absolute Gasteiger partial charge is 0.337 e. The average Bonchev–Trinajstić information content (AvgIpc) is 2.75. The van der Waals surface area contributed by atoms with Gasteiger partial charge in [-0.15, -0.1) is 11.3 Å². The van der Waals surface area contributed by atoms with Gasteiger partial charge in [-0.05, 0) is 6.92 Å². The SMILES string of the molecule is COCc1nc(C(=O)NCC(C)(O)C(=O)O)cs1. The van der Waals surface area contributed by atoms with E-state index in [4.69, 9.17) is 9.84 Å². The number of carboxylic acids is 1. The van der Waals surface area contributed by atoms with Gasteiger partial charge in [-0.3, -0.25) is 4.79 Å². The fourth-order valence-electron chi connectivity index (χ4n) is 1.02. The Labute approximate surface area is 107 Å². The molecule has 1 atom stereocenters. The van der Waals surface area contributed by atoms with Crippen LogP contribution in [-0.2, 0) is 16.1 Å². The maximum Gasteiger partial charge on any atom is 0.337 e. The van der Waals surface area contributed by atoms with Gasteiger partial charge in [0.1, 0.15) is 10.7 Å². The number of aromatic nitrogens is 1. The monoisotopic (exact) mass is 274 g/mol. The van der Waals surface area contributed by atoms with E-state index in [1.165, 1.54) is 18.4 Å². The van der Waals surface area contributed by atoms with Gasteiger partial charge < -0.3 is 20.3 Å². The number of ether oxygens (including phenoxy) is 1. The molecule has 0 spiro atoms. The molecule has 8 heteroatoms. The van der Waals surface area contributed by atoms with E-state index in [0.29, 0.717) is 11.6 Å². The van der Waals surface area contributed by atoms with Gasteiger partial charge in [-0.1, -0.05) is 0 Å². The van der Waals surface area contributed by atoms with Crippen molar-refractivity contribution in [2.45, 2.75) is 19.1 Å². The highest BCUT2D eigenvalue weighted by Gasteiger charge is 2.30. The Morgan fingerprint density at radius 2 is 2.28 bits per heavy atom. The molecule has 0 fully saturated rings. The molecule has 1 aromatic rings. The molecule has 100 valence electrons. The number of carbonyl (C=O) groups excluding carboxylic acids is 1. The van der Waals surface area contributed by atoms with Gasteiger partial charge >= 0.3 is 5.97 Å². The number of aliphatic hydroxyl groups is 1. The molecule has 3 N–H and O–H groups in total. The number of rotatable bonds is 6. The number of hydrogen-bond acceptors (Lipinski definition) is 6. The third kappa shape index (κ3) is 3.76. The summed E-state index contributed by atoms with van der Waals surface area (Å²) >= 11 is 1.27. The number of nitrogens with one attached hydrogen (secondary N) is 1. The Balaban J connectivity index is 2.57. The number of nitrogens with zero attached hydrogens (tertiary/aromatic N) is 1. The lowest BCUT2D eigenvalue weighted by molar-refractivity contribution is -0.155. The number of methoxy groups -OCH3 is 1. The van der Waals surface area contributed by atoms with Gasteiger partial charge in [-0.2, -0.15) is 0 Å². The molecular formula is C10H14N2O5S. The summed E-state index contributed by atoms with van der Waals surface area (Å²) in [6.07, 6.45) is 0. The summed E-state index contributed by atoms with van der Waals surface area (Å²) in [6, 6.07) is 0. The highest BCUT2D eigenvalue weighted by atomic mass is 32.1. The van der Waals surface area contributed by atoms with E-state index < -0.39 is 24.0 Å². The van der Waals surface area contributed by atoms with Crippen LogP contribution in [0.4, 0.5) is 0 Å². The predicted octanol–water partition coefficient (Wildman–Crippen LogP) is -0.145. The Kier molecular flexibility index (Phi) is 4.76. The van der Waals surface area contributed by atoms with Crippen LogP contribution in [0, 0.1) is 0 Å². The van der Waals surface area contributed by atoms with Crippen molar-refractivity contribution in [3.8, 4) is 0 Å². The standard InChI is InChI=1S/C10H14N2O5S/c1-10(16,9(14)15)5-11-8(13)6-4-18-7(12-6)3-17-2/h4,16H,3,5H2,1-2H3,(H,11,13)(H,14,15). The second kappa shape index (κ2) is 5.89. The van der Waals surface area contributed by atoms with Crippen LogP contribution in [0.3, 0.4) is 0 Å². The van der Waals surface area contributed by atoms with E-state index in [1.54, 1.807) is 5.38 Å². The van der Waals surface area contributed by atoms with Crippen LogP contribution < -0.4 is 5.32 Å². The first-order chi connectivity index (χ1) is 8.36. The zero-order valence-electron chi connectivity index (χ0n) is 9.97. The number of aliphatic carboxylic acids is 1. The Morgan fingerprint density at radius 1 is 1.61 bits per heavy atom. The molecule has 1 amide bonds. The highest BCUT2D eigenvalue weighted by molar-refractivity contribution is 7.09. The van der Waals surface area contributed by atoms with Crippen LogP contribution in [0.25, 0.3) is 0 Å². The summed E-state index contributed by atoms with van der Waals surface area (Å²) in [5.41, 5.74) is -1.82. The van der Waals surface area contributed by atoms with Crippen LogP contribution in [0.15, 0.2) is 5.38 Å². The van der Waals surface area contributed by atoms with Crippen LogP contribution in [0.1, 0.15) is 22.4 Å². The van der Waals surface area contributed by atoms with E-state index >= 15 is 0 Å². The van der Waals surface area contributed by atoms with Crippen LogP contribution in [0.5, 0.6) is 0 Å². The molecule has 18 heavy (non-hydrogen) atoms. The van der Waals surface area contributed by atoms with Gasteiger partial charge in [0.15, 0.2) is 5.60 Å². The largest absolute Gasteiger partial charge is 0.479 e. The number of thiazole rings is 1. The lowest BCUT2D eigenvalue weighted by Crippen LogP contribution is -2.46. The summed E-state index contributed by atoms with van der Waals surface area (Å²) < 4.78 is 4.87. The lowest BCUT2D eigenvalue weighted by atomic mass is 10.1. The molecule has 1 rings (SSSR count). The van der Waals surface area contributed by atoms with Crippen molar-refractivity contribution in [2.24, 2.45) is 0 Å². The van der Waals surface area contributed by atoms with E-state index in [9.17, 15) is 14.7 Å². The van der Waals surface area contributed by atoms with Crippen molar-refractivity contribution < 1.29 is 24.5 Å². The summed E-state index contributed by atoms with van der Waals surface area (Å²) in [7, 11) is 1.52. The Hall–Kier alpha value is -1.51. The Bertz CT molecular complexity index is 443. The molecule has 0 bridgehead atoms. The molecule has 1 heterocycles. The lowest BCUT2D eigenvalue weighted by Gasteiger charge is -2.17. The van der Waals surface area contributed by atoms with E-state index in [-0.39, 0.29) is 5.69 Å². The number of amides is 1. The molecule has 0 aliphatic heterocycles. The van der Waals surface area contributed by atoms with Crippen molar-refractivity contribution in [3.05, 3.63) is 16.1 Å². The second-order valence-corrected chi connectivity index (χ2v) is 4.76. The molecular weight excluding hydrogens is 260 g/mol. The van der Waals surface area contributed by atoms with Crippen LogP contribution >= 0.6 is 11.3 Å². The molecule has 0 radical (unpaired) electrons. The van der Waals surface area contributed by atoms with E-state index in [2.05, 4.69) is 10.3 Å². The zero-order chi connectivity index (χ0) is 13.8. The molecule has 1 unspecified atom stereocenters. The van der Waals surface area contributed by atoms with Gasteiger partial charge in [-0.25, -0.2) is 9.78 Å². The molecule has 0 saturated heterocycles. The average molecular weight is 274 g/mol. The Morgan fingerprint density at radius 3 is 2.83 bits per heavy atom. The number of carbonyl (C=O) groups is 2. The third-order valence-electron chi connectivity index (χ3n) is 2.11. The van der Waals surface area contributed by atoms with Crippen LogP contribution in [-0.4, -0.2) is 46.3 Å². The predicted molar refractivity (Wildman–Crippen MR) is 63.4 cm³/mol. The fourth-order valence-corrected chi connectivity index (χ4v) is 1.77. The second-order valence-electron chi connectivity index (χ2n) is 3.82. The first kappa shape index (κ1) is 14.6. The summed E-state index contributed by atoms with van der Waals surface area (Å²) in [6.45, 7) is 1.02. The first-order valence-corrected chi connectivity index (χ1v) is 5.92. The van der Waals surface area contributed by atoms with Crippen molar-refractivity contribution >= 4 is 23.2 Å². The van der Waals surface area contributed by atoms with Crippen molar-refractivity contribution in [1.82, 2.24) is 10.3 Å². The third-order valence-corrected chi connectivity index (χ3v) is 2.93. The maximum atomic E-state index is 11.6. The first-order valence-electron chi connectivity index (χ1n) is 5.04. The quantitative estimate of drug-likeness (QED) is 0.666. The summed E-state index contributed by atoms with van der Waals surface area (Å²) in [5.74, 6) is -1.93. The molecule has 0 aromatic carbocycles. The fraction of sp³-hybridized carbons (Fsp3) is 0.500. The normalized spacial score (nSPS) is 13.9. The van der Waals surface area contributed by atoms with Crippen LogP contribution in [0.2, 0.25) is 0 Å².